The molecule has 102 valence electrons. The fourth-order valence-electron chi connectivity index (χ4n) is 2.15. The molecule has 0 aromatic carbocycles. The van der Waals surface area contributed by atoms with E-state index in [1.54, 1.807) is 18.6 Å². The number of rotatable bonds is 3. The second-order valence-electron chi connectivity index (χ2n) is 4.25. The maximum absolute atomic E-state index is 11.5. The molecule has 6 heteroatoms. The number of carbonyl (C=O) groups excluding carboxylic acids is 1. The number of aromatic nitrogens is 3. The fourth-order valence-corrected chi connectivity index (χ4v) is 2.15. The van der Waals surface area contributed by atoms with Gasteiger partial charge in [-0.3, -0.25) is 0 Å². The molecule has 0 aliphatic rings. The zero-order chi connectivity index (χ0) is 14.1. The van der Waals surface area contributed by atoms with Gasteiger partial charge in [0.1, 0.15) is 17.6 Å². The number of ether oxygens (including phenoxy) is 1. The van der Waals surface area contributed by atoms with E-state index in [1.807, 2.05) is 17.6 Å². The lowest BCUT2D eigenvalue weighted by atomic mass is 10.3. The van der Waals surface area contributed by atoms with Gasteiger partial charge in [-0.2, -0.15) is 0 Å². The van der Waals surface area contributed by atoms with Crippen LogP contribution in [0.1, 0.15) is 17.3 Å². The van der Waals surface area contributed by atoms with Crippen molar-refractivity contribution in [3.8, 4) is 11.4 Å². The van der Waals surface area contributed by atoms with Crippen molar-refractivity contribution in [3.63, 3.8) is 0 Å². The van der Waals surface area contributed by atoms with E-state index in [4.69, 9.17) is 9.15 Å². The van der Waals surface area contributed by atoms with Gasteiger partial charge in [0.15, 0.2) is 5.65 Å². The van der Waals surface area contributed by atoms with Gasteiger partial charge in [-0.15, -0.1) is 0 Å². The van der Waals surface area contributed by atoms with Crippen molar-refractivity contribution in [2.24, 2.45) is 0 Å². The number of methoxy groups -OCH3 is 1. The summed E-state index contributed by atoms with van der Waals surface area (Å²) in [4.78, 5) is 20.4. The Balaban J connectivity index is 2.20. The zero-order valence-electron chi connectivity index (χ0n) is 11.2. The van der Waals surface area contributed by atoms with E-state index in [1.165, 1.54) is 13.3 Å². The van der Waals surface area contributed by atoms with Crippen LogP contribution in [-0.2, 0) is 11.3 Å². The summed E-state index contributed by atoms with van der Waals surface area (Å²) in [6.45, 7) is 2.74. The van der Waals surface area contributed by atoms with Crippen molar-refractivity contribution in [2.75, 3.05) is 7.11 Å². The number of carbonyl (C=O) groups is 1. The van der Waals surface area contributed by atoms with Crippen LogP contribution in [-0.4, -0.2) is 27.6 Å². The lowest BCUT2D eigenvalue weighted by molar-refractivity contribution is 0.0600. The van der Waals surface area contributed by atoms with Gasteiger partial charge in [0.25, 0.3) is 0 Å². The first-order chi connectivity index (χ1) is 9.74. The van der Waals surface area contributed by atoms with Crippen LogP contribution in [0, 0.1) is 0 Å². The Morgan fingerprint density at radius 1 is 1.50 bits per heavy atom. The van der Waals surface area contributed by atoms with Gasteiger partial charge >= 0.3 is 5.97 Å². The standard InChI is InChI=1S/C14H13N3O3/c1-3-17-12(9-4-5-20-8-9)16-11-6-10(14(18)19-2)7-15-13(11)17/h4-8H,3H2,1-2H3. The van der Waals surface area contributed by atoms with Crippen molar-refractivity contribution >= 4 is 17.1 Å². The third kappa shape index (κ3) is 1.85. The van der Waals surface area contributed by atoms with Crippen LogP contribution in [0.3, 0.4) is 0 Å². The summed E-state index contributed by atoms with van der Waals surface area (Å²) >= 11 is 0. The monoisotopic (exact) mass is 271 g/mol. The predicted molar refractivity (Wildman–Crippen MR) is 72.2 cm³/mol. The summed E-state index contributed by atoms with van der Waals surface area (Å²) in [5.74, 6) is 0.348. The fraction of sp³-hybridized carbons (Fsp3) is 0.214. The molecule has 0 aliphatic heterocycles. The summed E-state index contributed by atoms with van der Waals surface area (Å²) in [7, 11) is 1.34. The summed E-state index contributed by atoms with van der Waals surface area (Å²) < 4.78 is 11.8. The smallest absolute Gasteiger partial charge is 0.339 e. The topological polar surface area (TPSA) is 70.2 Å². The van der Waals surface area contributed by atoms with Gasteiger partial charge in [-0.25, -0.2) is 14.8 Å². The quantitative estimate of drug-likeness (QED) is 0.684. The van der Waals surface area contributed by atoms with Gasteiger partial charge in [0, 0.05) is 12.7 Å². The molecule has 0 radical (unpaired) electrons. The van der Waals surface area contributed by atoms with E-state index in [2.05, 4.69) is 9.97 Å². The number of hydrogen-bond donors (Lipinski definition) is 0. The minimum absolute atomic E-state index is 0.388. The Bertz CT molecular complexity index is 759. The molecule has 0 atom stereocenters. The molecule has 3 rings (SSSR count). The van der Waals surface area contributed by atoms with E-state index in [0.717, 1.165) is 23.6 Å². The third-order valence-corrected chi connectivity index (χ3v) is 3.10. The van der Waals surface area contributed by atoms with Crippen molar-refractivity contribution in [1.29, 1.82) is 0 Å². The molecule has 6 nitrogen and oxygen atoms in total. The SMILES string of the molecule is CCn1c(-c2ccoc2)nc2cc(C(=O)OC)cnc21. The molecule has 0 saturated heterocycles. The molecule has 3 aromatic heterocycles. The number of pyridine rings is 1. The number of fused-ring (bicyclic) bond motifs is 1. The highest BCUT2D eigenvalue weighted by Crippen LogP contribution is 2.24. The molecule has 0 bridgehead atoms. The molecule has 0 aliphatic carbocycles. The average molecular weight is 271 g/mol. The largest absolute Gasteiger partial charge is 0.472 e. The average Bonchev–Trinajstić information content (AvgIpc) is 3.11. The normalized spacial score (nSPS) is 10.9. The zero-order valence-corrected chi connectivity index (χ0v) is 11.2. The number of nitrogens with zero attached hydrogens (tertiary/aromatic N) is 3. The van der Waals surface area contributed by atoms with Crippen LogP contribution >= 0.6 is 0 Å². The number of hydrogen-bond acceptors (Lipinski definition) is 5. The molecule has 0 spiro atoms. The van der Waals surface area contributed by atoms with Crippen LogP contribution in [0.2, 0.25) is 0 Å². The predicted octanol–water partition coefficient (Wildman–Crippen LogP) is 2.50. The molecule has 0 amide bonds. The minimum Gasteiger partial charge on any atom is -0.472 e. The van der Waals surface area contributed by atoms with Crippen LogP contribution in [0.4, 0.5) is 0 Å². The highest BCUT2D eigenvalue weighted by Gasteiger charge is 2.15. The van der Waals surface area contributed by atoms with Gasteiger partial charge in [0.05, 0.1) is 24.5 Å². The number of imidazole rings is 1. The molecule has 20 heavy (non-hydrogen) atoms. The molecule has 0 fully saturated rings. The molecular formula is C14H13N3O3. The maximum atomic E-state index is 11.5. The molecule has 0 unspecified atom stereocenters. The van der Waals surface area contributed by atoms with Crippen molar-refractivity contribution in [1.82, 2.24) is 14.5 Å². The lowest BCUT2D eigenvalue weighted by Gasteiger charge is -2.03. The highest BCUT2D eigenvalue weighted by atomic mass is 16.5. The Labute approximate surface area is 115 Å². The van der Waals surface area contributed by atoms with Gasteiger partial charge in [-0.05, 0) is 19.1 Å². The second kappa shape index (κ2) is 4.80. The number of esters is 1. The third-order valence-electron chi connectivity index (χ3n) is 3.10. The Kier molecular flexibility index (Phi) is 2.98. The highest BCUT2D eigenvalue weighted by molar-refractivity contribution is 5.92. The first kappa shape index (κ1) is 12.4. The molecule has 0 N–H and O–H groups in total. The van der Waals surface area contributed by atoms with Gasteiger partial charge in [-0.1, -0.05) is 0 Å². The minimum atomic E-state index is -0.421. The molecule has 0 saturated carbocycles. The molecule has 3 heterocycles. The number of furan rings is 1. The van der Waals surface area contributed by atoms with Crippen molar-refractivity contribution in [2.45, 2.75) is 13.5 Å². The van der Waals surface area contributed by atoms with Crippen LogP contribution in [0.5, 0.6) is 0 Å². The molecule has 3 aromatic rings. The first-order valence-corrected chi connectivity index (χ1v) is 6.21. The lowest BCUT2D eigenvalue weighted by Crippen LogP contribution is -2.02. The second-order valence-corrected chi connectivity index (χ2v) is 4.25. The first-order valence-electron chi connectivity index (χ1n) is 6.21. The van der Waals surface area contributed by atoms with Crippen LogP contribution in [0.15, 0.2) is 35.3 Å². The number of aryl methyl sites for hydroxylation is 1. The summed E-state index contributed by atoms with van der Waals surface area (Å²) in [6.07, 6.45) is 4.73. The van der Waals surface area contributed by atoms with E-state index >= 15 is 0 Å². The Morgan fingerprint density at radius 2 is 2.35 bits per heavy atom. The molecular weight excluding hydrogens is 258 g/mol. The van der Waals surface area contributed by atoms with E-state index in [9.17, 15) is 4.79 Å². The van der Waals surface area contributed by atoms with E-state index in [-0.39, 0.29) is 0 Å². The van der Waals surface area contributed by atoms with E-state index in [0.29, 0.717) is 11.1 Å². The summed E-state index contributed by atoms with van der Waals surface area (Å²) in [5.41, 5.74) is 2.66. The Morgan fingerprint density at radius 3 is 3.00 bits per heavy atom. The van der Waals surface area contributed by atoms with Crippen LogP contribution in [0.25, 0.3) is 22.6 Å². The van der Waals surface area contributed by atoms with Gasteiger partial charge < -0.3 is 13.7 Å². The maximum Gasteiger partial charge on any atom is 0.339 e. The van der Waals surface area contributed by atoms with Crippen molar-refractivity contribution in [3.05, 3.63) is 36.4 Å². The Hall–Kier alpha value is -2.63. The summed E-state index contributed by atoms with van der Waals surface area (Å²) in [5, 5.41) is 0. The van der Waals surface area contributed by atoms with Crippen molar-refractivity contribution < 1.29 is 13.9 Å². The van der Waals surface area contributed by atoms with E-state index < -0.39 is 5.97 Å². The van der Waals surface area contributed by atoms with Gasteiger partial charge in [0.2, 0.25) is 0 Å². The van der Waals surface area contributed by atoms with Crippen LogP contribution < -0.4 is 0 Å². The summed E-state index contributed by atoms with van der Waals surface area (Å²) in [6, 6.07) is 3.53.